The molecule has 1 aromatic carbocycles. The van der Waals surface area contributed by atoms with Gasteiger partial charge in [-0.05, 0) is 36.5 Å². The summed E-state index contributed by atoms with van der Waals surface area (Å²) in [6.07, 6.45) is 4.49. The number of hydrogen-bond donors (Lipinski definition) is 1. The molecule has 0 saturated carbocycles. The van der Waals surface area contributed by atoms with Crippen LogP contribution in [0.5, 0.6) is 5.75 Å². The van der Waals surface area contributed by atoms with Crippen molar-refractivity contribution in [3.8, 4) is 5.75 Å². The van der Waals surface area contributed by atoms with Crippen molar-refractivity contribution in [2.75, 3.05) is 0 Å². The topological polar surface area (TPSA) is 20.2 Å². The Morgan fingerprint density at radius 2 is 2.00 bits per heavy atom. The van der Waals surface area contributed by atoms with Crippen molar-refractivity contribution in [2.24, 2.45) is 0 Å². The molecule has 1 aromatic rings. The predicted molar refractivity (Wildman–Crippen MR) is 56.1 cm³/mol. The molecule has 0 fully saturated rings. The highest BCUT2D eigenvalue weighted by Crippen LogP contribution is 2.19. The lowest BCUT2D eigenvalue weighted by atomic mass is 10.0. The highest BCUT2D eigenvalue weighted by molar-refractivity contribution is 5.36. The molecule has 0 aliphatic rings. The zero-order chi connectivity index (χ0) is 9.68. The van der Waals surface area contributed by atoms with E-state index in [2.05, 4.69) is 19.9 Å². The molecule has 0 atom stereocenters. The second kappa shape index (κ2) is 4.90. The normalized spacial score (nSPS) is 10.3. The van der Waals surface area contributed by atoms with E-state index in [0.717, 1.165) is 18.4 Å². The van der Waals surface area contributed by atoms with Crippen molar-refractivity contribution >= 4 is 0 Å². The Balaban J connectivity index is 2.74. The molecular weight excluding hydrogens is 160 g/mol. The zero-order valence-corrected chi connectivity index (χ0v) is 8.51. The first-order valence-corrected chi connectivity index (χ1v) is 5.08. The maximum atomic E-state index is 9.46. The summed E-state index contributed by atoms with van der Waals surface area (Å²) in [7, 11) is 0. The van der Waals surface area contributed by atoms with E-state index < -0.39 is 0 Å². The summed E-state index contributed by atoms with van der Waals surface area (Å²) in [4.78, 5) is 0. The summed E-state index contributed by atoms with van der Waals surface area (Å²) in [5.74, 6) is 0.433. The van der Waals surface area contributed by atoms with E-state index in [0.29, 0.717) is 5.75 Å². The van der Waals surface area contributed by atoms with Crippen molar-refractivity contribution in [1.82, 2.24) is 0 Å². The SMILES string of the molecule is CCCCc1ccc(O)c(CC)c1. The molecule has 0 spiro atoms. The van der Waals surface area contributed by atoms with E-state index in [4.69, 9.17) is 0 Å². The molecule has 0 aromatic heterocycles. The first-order chi connectivity index (χ1) is 6.27. The summed E-state index contributed by atoms with van der Waals surface area (Å²) in [5.41, 5.74) is 2.41. The average Bonchev–Trinajstić information content (AvgIpc) is 2.16. The Morgan fingerprint density at radius 1 is 1.23 bits per heavy atom. The lowest BCUT2D eigenvalue weighted by molar-refractivity contribution is 0.468. The van der Waals surface area contributed by atoms with Gasteiger partial charge in [0, 0.05) is 0 Å². The number of hydrogen-bond acceptors (Lipinski definition) is 1. The zero-order valence-electron chi connectivity index (χ0n) is 8.51. The number of aromatic hydroxyl groups is 1. The van der Waals surface area contributed by atoms with Gasteiger partial charge in [-0.25, -0.2) is 0 Å². The molecule has 0 radical (unpaired) electrons. The van der Waals surface area contributed by atoms with Gasteiger partial charge in [-0.1, -0.05) is 32.4 Å². The summed E-state index contributed by atoms with van der Waals surface area (Å²) < 4.78 is 0. The lowest BCUT2D eigenvalue weighted by Crippen LogP contribution is -1.88. The lowest BCUT2D eigenvalue weighted by Gasteiger charge is -2.05. The first kappa shape index (κ1) is 10.1. The van der Waals surface area contributed by atoms with E-state index in [1.165, 1.54) is 18.4 Å². The molecule has 1 heteroatoms. The minimum atomic E-state index is 0.433. The summed E-state index contributed by atoms with van der Waals surface area (Å²) in [6, 6.07) is 5.94. The van der Waals surface area contributed by atoms with Crippen molar-refractivity contribution in [3.63, 3.8) is 0 Å². The third-order valence-corrected chi connectivity index (χ3v) is 2.34. The molecule has 0 unspecified atom stereocenters. The third-order valence-electron chi connectivity index (χ3n) is 2.34. The molecule has 0 aliphatic carbocycles. The van der Waals surface area contributed by atoms with E-state index in [9.17, 15) is 5.11 Å². The van der Waals surface area contributed by atoms with Crippen molar-refractivity contribution in [2.45, 2.75) is 39.5 Å². The minimum absolute atomic E-state index is 0.433. The smallest absolute Gasteiger partial charge is 0.118 e. The highest BCUT2D eigenvalue weighted by atomic mass is 16.3. The number of phenols is 1. The van der Waals surface area contributed by atoms with Crippen LogP contribution in [0.1, 0.15) is 37.8 Å². The Hall–Kier alpha value is -0.980. The largest absolute Gasteiger partial charge is 0.508 e. The molecule has 0 aliphatic heterocycles. The van der Waals surface area contributed by atoms with Crippen LogP contribution in [-0.2, 0) is 12.8 Å². The summed E-state index contributed by atoms with van der Waals surface area (Å²) in [6.45, 7) is 4.26. The fourth-order valence-electron chi connectivity index (χ4n) is 1.46. The second-order valence-corrected chi connectivity index (χ2v) is 3.42. The van der Waals surface area contributed by atoms with Crippen LogP contribution in [0.2, 0.25) is 0 Å². The van der Waals surface area contributed by atoms with Crippen LogP contribution < -0.4 is 0 Å². The molecule has 13 heavy (non-hydrogen) atoms. The van der Waals surface area contributed by atoms with E-state index in [1.54, 1.807) is 0 Å². The number of rotatable bonds is 4. The Labute approximate surface area is 80.4 Å². The van der Waals surface area contributed by atoms with Crippen molar-refractivity contribution in [1.29, 1.82) is 0 Å². The van der Waals surface area contributed by atoms with Gasteiger partial charge in [-0.15, -0.1) is 0 Å². The quantitative estimate of drug-likeness (QED) is 0.750. The van der Waals surface area contributed by atoms with Gasteiger partial charge in [0.1, 0.15) is 5.75 Å². The van der Waals surface area contributed by atoms with Gasteiger partial charge in [-0.3, -0.25) is 0 Å². The van der Waals surface area contributed by atoms with E-state index in [1.807, 2.05) is 12.1 Å². The maximum Gasteiger partial charge on any atom is 0.118 e. The van der Waals surface area contributed by atoms with Crippen LogP contribution in [0.25, 0.3) is 0 Å². The van der Waals surface area contributed by atoms with Gasteiger partial charge in [-0.2, -0.15) is 0 Å². The van der Waals surface area contributed by atoms with Gasteiger partial charge in [0.15, 0.2) is 0 Å². The molecule has 0 amide bonds. The van der Waals surface area contributed by atoms with Crippen LogP contribution in [0.15, 0.2) is 18.2 Å². The van der Waals surface area contributed by atoms with Crippen LogP contribution in [0, 0.1) is 0 Å². The highest BCUT2D eigenvalue weighted by Gasteiger charge is 1.99. The number of unbranched alkanes of at least 4 members (excludes halogenated alkanes) is 1. The predicted octanol–water partition coefficient (Wildman–Crippen LogP) is 3.30. The molecule has 0 saturated heterocycles. The molecule has 1 rings (SSSR count). The number of benzene rings is 1. The van der Waals surface area contributed by atoms with Gasteiger partial charge in [0.2, 0.25) is 0 Å². The number of aryl methyl sites for hydroxylation is 2. The van der Waals surface area contributed by atoms with Crippen LogP contribution in [-0.4, -0.2) is 5.11 Å². The van der Waals surface area contributed by atoms with Crippen molar-refractivity contribution < 1.29 is 5.11 Å². The molecule has 0 heterocycles. The maximum absolute atomic E-state index is 9.46. The van der Waals surface area contributed by atoms with Crippen LogP contribution >= 0.6 is 0 Å². The van der Waals surface area contributed by atoms with Gasteiger partial charge < -0.3 is 5.11 Å². The standard InChI is InChI=1S/C12H18O/c1-3-5-6-10-7-8-12(13)11(4-2)9-10/h7-9,13H,3-6H2,1-2H3. The Morgan fingerprint density at radius 3 is 2.62 bits per heavy atom. The van der Waals surface area contributed by atoms with E-state index >= 15 is 0 Å². The molecule has 72 valence electrons. The molecule has 1 nitrogen and oxygen atoms in total. The summed E-state index contributed by atoms with van der Waals surface area (Å²) >= 11 is 0. The Kier molecular flexibility index (Phi) is 3.81. The van der Waals surface area contributed by atoms with Gasteiger partial charge in [0.05, 0.1) is 0 Å². The third kappa shape index (κ3) is 2.76. The van der Waals surface area contributed by atoms with E-state index in [-0.39, 0.29) is 0 Å². The number of phenolic OH excluding ortho intramolecular Hbond substituents is 1. The van der Waals surface area contributed by atoms with Gasteiger partial charge >= 0.3 is 0 Å². The molecule has 0 bridgehead atoms. The molecule has 1 N–H and O–H groups in total. The average molecular weight is 178 g/mol. The van der Waals surface area contributed by atoms with Crippen LogP contribution in [0.4, 0.5) is 0 Å². The Bertz CT molecular complexity index is 266. The fraction of sp³-hybridized carbons (Fsp3) is 0.500. The summed E-state index contributed by atoms with van der Waals surface area (Å²) in [5, 5.41) is 9.46. The second-order valence-electron chi connectivity index (χ2n) is 3.42. The minimum Gasteiger partial charge on any atom is -0.508 e. The monoisotopic (exact) mass is 178 g/mol. The molecular formula is C12H18O. The fourth-order valence-corrected chi connectivity index (χ4v) is 1.46. The van der Waals surface area contributed by atoms with Crippen LogP contribution in [0.3, 0.4) is 0 Å². The van der Waals surface area contributed by atoms with Gasteiger partial charge in [0.25, 0.3) is 0 Å². The van der Waals surface area contributed by atoms with Crippen molar-refractivity contribution in [3.05, 3.63) is 29.3 Å². The first-order valence-electron chi connectivity index (χ1n) is 5.08.